The summed E-state index contributed by atoms with van der Waals surface area (Å²) in [6.07, 6.45) is 0.882. The first kappa shape index (κ1) is 16.4. The molecule has 112 valence electrons. The second kappa shape index (κ2) is 7.23. The molecule has 0 aliphatic carbocycles. The Hall–Kier alpha value is -1.63. The van der Waals surface area contributed by atoms with Gasteiger partial charge < -0.3 is 15.4 Å². The standard InChI is InChI=1S/C13H21N3O3S/c1-13(2,11(18)14-3)8-15-12-16-9(7-20-12)5-6-10(17)19-4/h7H,5-6,8H2,1-4H3,(H,14,18)(H,15,16). The van der Waals surface area contributed by atoms with Gasteiger partial charge in [0.2, 0.25) is 5.91 Å². The van der Waals surface area contributed by atoms with Crippen molar-refractivity contribution in [2.45, 2.75) is 26.7 Å². The summed E-state index contributed by atoms with van der Waals surface area (Å²) >= 11 is 1.46. The summed E-state index contributed by atoms with van der Waals surface area (Å²) in [6, 6.07) is 0. The van der Waals surface area contributed by atoms with Gasteiger partial charge >= 0.3 is 5.97 Å². The predicted molar refractivity (Wildman–Crippen MR) is 78.8 cm³/mol. The van der Waals surface area contributed by atoms with E-state index in [4.69, 9.17) is 0 Å². The molecule has 0 aliphatic rings. The van der Waals surface area contributed by atoms with E-state index in [2.05, 4.69) is 20.4 Å². The number of nitrogens with one attached hydrogen (secondary N) is 2. The lowest BCUT2D eigenvalue weighted by Crippen LogP contribution is -2.39. The molecule has 0 fully saturated rings. The zero-order valence-corrected chi connectivity index (χ0v) is 13.1. The van der Waals surface area contributed by atoms with Gasteiger partial charge in [-0.25, -0.2) is 4.98 Å². The van der Waals surface area contributed by atoms with Crippen LogP contribution in [0.1, 0.15) is 26.0 Å². The van der Waals surface area contributed by atoms with E-state index in [9.17, 15) is 9.59 Å². The zero-order valence-electron chi connectivity index (χ0n) is 12.3. The maximum Gasteiger partial charge on any atom is 0.305 e. The van der Waals surface area contributed by atoms with Gasteiger partial charge in [-0.05, 0) is 13.8 Å². The molecule has 0 saturated carbocycles. The number of thiazole rings is 1. The third kappa shape index (κ3) is 4.80. The maximum absolute atomic E-state index is 11.7. The van der Waals surface area contributed by atoms with E-state index in [1.165, 1.54) is 18.4 Å². The highest BCUT2D eigenvalue weighted by Crippen LogP contribution is 2.20. The number of nitrogens with zero attached hydrogens (tertiary/aromatic N) is 1. The van der Waals surface area contributed by atoms with Gasteiger partial charge in [0.05, 0.1) is 24.6 Å². The number of ether oxygens (including phenoxy) is 1. The molecule has 1 aromatic rings. The molecule has 2 N–H and O–H groups in total. The lowest BCUT2D eigenvalue weighted by atomic mass is 9.92. The Labute approximate surface area is 122 Å². The summed E-state index contributed by atoms with van der Waals surface area (Å²) in [5.41, 5.74) is 0.340. The monoisotopic (exact) mass is 299 g/mol. The van der Waals surface area contributed by atoms with Crippen LogP contribution >= 0.6 is 11.3 Å². The first-order chi connectivity index (χ1) is 9.39. The third-order valence-electron chi connectivity index (χ3n) is 2.89. The van der Waals surface area contributed by atoms with Gasteiger partial charge in [0, 0.05) is 25.4 Å². The molecular formula is C13H21N3O3S. The quantitative estimate of drug-likeness (QED) is 0.745. The third-order valence-corrected chi connectivity index (χ3v) is 3.74. The van der Waals surface area contributed by atoms with Crippen LogP contribution in [0.3, 0.4) is 0 Å². The molecule has 20 heavy (non-hydrogen) atoms. The van der Waals surface area contributed by atoms with E-state index in [1.807, 2.05) is 19.2 Å². The van der Waals surface area contributed by atoms with Crippen LogP contribution in [0, 0.1) is 5.41 Å². The van der Waals surface area contributed by atoms with E-state index in [1.54, 1.807) is 7.05 Å². The average Bonchev–Trinajstić information content (AvgIpc) is 2.89. The van der Waals surface area contributed by atoms with Crippen molar-refractivity contribution in [3.63, 3.8) is 0 Å². The lowest BCUT2D eigenvalue weighted by Gasteiger charge is -2.22. The summed E-state index contributed by atoms with van der Waals surface area (Å²) in [7, 11) is 3.00. The normalized spacial score (nSPS) is 11.0. The van der Waals surface area contributed by atoms with E-state index in [0.717, 1.165) is 10.8 Å². The molecule has 7 heteroatoms. The molecule has 6 nitrogen and oxygen atoms in total. The van der Waals surface area contributed by atoms with Crippen LogP contribution in [0.15, 0.2) is 5.38 Å². The van der Waals surface area contributed by atoms with Crippen LogP contribution in [0.2, 0.25) is 0 Å². The van der Waals surface area contributed by atoms with Gasteiger partial charge in [0.15, 0.2) is 5.13 Å². The van der Waals surface area contributed by atoms with Gasteiger partial charge in [-0.2, -0.15) is 0 Å². The number of methoxy groups -OCH3 is 1. The van der Waals surface area contributed by atoms with Gasteiger partial charge in [0.1, 0.15) is 0 Å². The molecule has 1 aromatic heterocycles. The molecule has 0 atom stereocenters. The topological polar surface area (TPSA) is 80.3 Å². The van der Waals surface area contributed by atoms with Gasteiger partial charge in [-0.1, -0.05) is 0 Å². The Morgan fingerprint density at radius 3 is 2.75 bits per heavy atom. The SMILES string of the molecule is CNC(=O)C(C)(C)CNc1nc(CCC(=O)OC)cs1. The van der Waals surface area contributed by atoms with Crippen molar-refractivity contribution in [1.29, 1.82) is 0 Å². The molecule has 0 unspecified atom stereocenters. The van der Waals surface area contributed by atoms with E-state index in [-0.39, 0.29) is 11.9 Å². The zero-order chi connectivity index (χ0) is 15.2. The largest absolute Gasteiger partial charge is 0.469 e. The molecule has 0 saturated heterocycles. The smallest absolute Gasteiger partial charge is 0.305 e. The summed E-state index contributed by atoms with van der Waals surface area (Å²) in [6.45, 7) is 4.23. The molecule has 1 amide bonds. The number of hydrogen-bond acceptors (Lipinski definition) is 6. The van der Waals surface area contributed by atoms with Crippen molar-refractivity contribution < 1.29 is 14.3 Å². The number of carbonyl (C=O) groups excluding carboxylic acids is 2. The molecule has 0 radical (unpaired) electrons. The Balaban J connectivity index is 2.48. The van der Waals surface area contributed by atoms with Crippen molar-refractivity contribution in [3.8, 4) is 0 Å². The van der Waals surface area contributed by atoms with Crippen LogP contribution in [-0.4, -0.2) is 37.6 Å². The highest BCUT2D eigenvalue weighted by atomic mass is 32.1. The Bertz CT molecular complexity index is 471. The number of anilines is 1. The van der Waals surface area contributed by atoms with Crippen molar-refractivity contribution in [2.75, 3.05) is 26.0 Å². The van der Waals surface area contributed by atoms with Crippen LogP contribution < -0.4 is 10.6 Å². The van der Waals surface area contributed by atoms with Gasteiger partial charge in [0.25, 0.3) is 0 Å². The molecular weight excluding hydrogens is 278 g/mol. The number of aromatic nitrogens is 1. The van der Waals surface area contributed by atoms with E-state index in [0.29, 0.717) is 19.4 Å². The minimum Gasteiger partial charge on any atom is -0.469 e. The Morgan fingerprint density at radius 1 is 1.45 bits per heavy atom. The summed E-state index contributed by atoms with van der Waals surface area (Å²) in [5.74, 6) is -0.263. The summed E-state index contributed by atoms with van der Waals surface area (Å²) in [4.78, 5) is 27.1. The van der Waals surface area contributed by atoms with Crippen molar-refractivity contribution in [1.82, 2.24) is 10.3 Å². The first-order valence-corrected chi connectivity index (χ1v) is 7.24. The van der Waals surface area contributed by atoms with Gasteiger partial charge in [-0.15, -0.1) is 11.3 Å². The van der Waals surface area contributed by atoms with Crippen molar-refractivity contribution in [3.05, 3.63) is 11.1 Å². The fourth-order valence-electron chi connectivity index (χ4n) is 1.55. The van der Waals surface area contributed by atoms with Crippen LogP contribution in [0.25, 0.3) is 0 Å². The molecule has 0 aliphatic heterocycles. The molecule has 0 spiro atoms. The number of rotatable bonds is 7. The number of hydrogen-bond donors (Lipinski definition) is 2. The molecule has 1 heterocycles. The van der Waals surface area contributed by atoms with Crippen LogP contribution in [0.5, 0.6) is 0 Å². The molecule has 1 rings (SSSR count). The molecule has 0 bridgehead atoms. The van der Waals surface area contributed by atoms with Crippen LogP contribution in [0.4, 0.5) is 5.13 Å². The van der Waals surface area contributed by atoms with Crippen molar-refractivity contribution >= 4 is 28.3 Å². The highest BCUT2D eigenvalue weighted by Gasteiger charge is 2.26. The van der Waals surface area contributed by atoms with E-state index < -0.39 is 5.41 Å². The second-order valence-corrected chi connectivity index (χ2v) is 5.89. The number of carbonyl (C=O) groups is 2. The lowest BCUT2D eigenvalue weighted by molar-refractivity contribution is -0.140. The molecule has 0 aromatic carbocycles. The van der Waals surface area contributed by atoms with Crippen molar-refractivity contribution in [2.24, 2.45) is 5.41 Å². The minimum absolute atomic E-state index is 0.0209. The fourth-order valence-corrected chi connectivity index (χ4v) is 2.29. The highest BCUT2D eigenvalue weighted by molar-refractivity contribution is 7.13. The maximum atomic E-state index is 11.7. The average molecular weight is 299 g/mol. The Morgan fingerprint density at radius 2 is 2.15 bits per heavy atom. The van der Waals surface area contributed by atoms with Gasteiger partial charge in [-0.3, -0.25) is 9.59 Å². The van der Waals surface area contributed by atoms with Crippen LogP contribution in [-0.2, 0) is 20.7 Å². The number of esters is 1. The first-order valence-electron chi connectivity index (χ1n) is 6.36. The minimum atomic E-state index is -0.507. The number of amides is 1. The summed E-state index contributed by atoms with van der Waals surface area (Å²) < 4.78 is 4.59. The predicted octanol–water partition coefficient (Wildman–Crippen LogP) is 1.43. The number of aryl methyl sites for hydroxylation is 1. The Kier molecular flexibility index (Phi) is 5.94. The fraction of sp³-hybridized carbons (Fsp3) is 0.615. The second-order valence-electron chi connectivity index (χ2n) is 5.04. The summed E-state index contributed by atoms with van der Waals surface area (Å²) in [5, 5.41) is 8.44. The van der Waals surface area contributed by atoms with E-state index >= 15 is 0 Å².